The molecule has 0 aromatic heterocycles. The maximum atomic E-state index is 12.8. The molecule has 1 aromatic carbocycles. The number of aliphatic imine (C=N–C) groups is 2. The van der Waals surface area contributed by atoms with Gasteiger partial charge < -0.3 is 16.4 Å². The van der Waals surface area contributed by atoms with Crippen LogP contribution in [0.3, 0.4) is 0 Å². The summed E-state index contributed by atoms with van der Waals surface area (Å²) in [5, 5.41) is 0. The zero-order valence-electron chi connectivity index (χ0n) is 12.0. The van der Waals surface area contributed by atoms with Crippen molar-refractivity contribution in [2.75, 3.05) is 13.1 Å². The van der Waals surface area contributed by atoms with Crippen molar-refractivity contribution in [3.8, 4) is 0 Å². The van der Waals surface area contributed by atoms with E-state index in [1.165, 1.54) is 24.3 Å². The van der Waals surface area contributed by atoms with Crippen molar-refractivity contribution in [3.63, 3.8) is 0 Å². The summed E-state index contributed by atoms with van der Waals surface area (Å²) >= 11 is 0. The summed E-state index contributed by atoms with van der Waals surface area (Å²) in [5.74, 6) is 0.880. The summed E-state index contributed by atoms with van der Waals surface area (Å²) in [6.45, 7) is 4.01. The second-order valence-electron chi connectivity index (χ2n) is 5.09. The molecule has 0 amide bonds. The van der Waals surface area contributed by atoms with Crippen molar-refractivity contribution < 1.29 is 4.39 Å². The predicted molar refractivity (Wildman–Crippen MR) is 86.5 cm³/mol. The molecule has 5 nitrogen and oxygen atoms in total. The van der Waals surface area contributed by atoms with Gasteiger partial charge in [0.15, 0.2) is 5.96 Å². The highest BCUT2D eigenvalue weighted by atomic mass is 35.5. The van der Waals surface area contributed by atoms with Crippen LogP contribution in [0.2, 0.25) is 0 Å². The fourth-order valence-electron chi connectivity index (χ4n) is 2.10. The molecule has 0 saturated carbocycles. The van der Waals surface area contributed by atoms with Crippen LogP contribution in [0.4, 0.5) is 10.1 Å². The highest BCUT2D eigenvalue weighted by Crippen LogP contribution is 2.15. The lowest BCUT2D eigenvalue weighted by Crippen LogP contribution is -2.43. The van der Waals surface area contributed by atoms with Gasteiger partial charge >= 0.3 is 0 Å². The number of piperidine rings is 1. The molecule has 0 bridgehead atoms. The second-order valence-corrected chi connectivity index (χ2v) is 5.09. The van der Waals surface area contributed by atoms with Crippen LogP contribution < -0.4 is 11.5 Å². The number of nitrogens with two attached hydrogens (primary N) is 2. The van der Waals surface area contributed by atoms with E-state index in [0.29, 0.717) is 11.6 Å². The average molecular weight is 314 g/mol. The van der Waals surface area contributed by atoms with Gasteiger partial charge in [0.1, 0.15) is 5.82 Å². The molecule has 1 aliphatic rings. The van der Waals surface area contributed by atoms with Crippen LogP contribution in [0.25, 0.3) is 0 Å². The van der Waals surface area contributed by atoms with Crippen LogP contribution >= 0.6 is 12.4 Å². The van der Waals surface area contributed by atoms with Gasteiger partial charge in [-0.1, -0.05) is 6.92 Å². The van der Waals surface area contributed by atoms with Gasteiger partial charge in [0, 0.05) is 13.1 Å². The Balaban J connectivity index is 0.00000220. The summed E-state index contributed by atoms with van der Waals surface area (Å²) in [5.41, 5.74) is 12.2. The Morgan fingerprint density at radius 3 is 2.33 bits per heavy atom. The first-order valence-electron chi connectivity index (χ1n) is 6.73. The lowest BCUT2D eigenvalue weighted by atomic mass is 10.00. The molecule has 0 aliphatic carbocycles. The molecule has 2 rings (SSSR count). The first-order chi connectivity index (χ1) is 9.54. The molecule has 1 saturated heterocycles. The van der Waals surface area contributed by atoms with E-state index in [0.717, 1.165) is 31.8 Å². The maximum absolute atomic E-state index is 12.8. The van der Waals surface area contributed by atoms with Crippen molar-refractivity contribution >= 4 is 30.0 Å². The van der Waals surface area contributed by atoms with Gasteiger partial charge in [-0.2, -0.15) is 4.99 Å². The topological polar surface area (TPSA) is 80.0 Å². The second kappa shape index (κ2) is 7.83. The Labute approximate surface area is 130 Å². The minimum atomic E-state index is -0.312. The van der Waals surface area contributed by atoms with Gasteiger partial charge in [0.25, 0.3) is 0 Å². The first kappa shape index (κ1) is 17.2. The van der Waals surface area contributed by atoms with Crippen molar-refractivity contribution in [3.05, 3.63) is 30.1 Å². The fraction of sp³-hybridized carbons (Fsp3) is 0.429. The molecule has 7 heteroatoms. The number of rotatable bonds is 1. The Morgan fingerprint density at radius 2 is 1.76 bits per heavy atom. The van der Waals surface area contributed by atoms with Crippen LogP contribution in [0, 0.1) is 11.7 Å². The largest absolute Gasteiger partial charge is 0.369 e. The molecule has 1 heterocycles. The Bertz CT molecular complexity index is 507. The Kier molecular flexibility index (Phi) is 6.42. The first-order valence-corrected chi connectivity index (χ1v) is 6.73. The molecule has 4 N–H and O–H groups in total. The van der Waals surface area contributed by atoms with Crippen LogP contribution in [0.15, 0.2) is 34.3 Å². The van der Waals surface area contributed by atoms with E-state index in [9.17, 15) is 4.39 Å². The van der Waals surface area contributed by atoms with Gasteiger partial charge in [0.2, 0.25) is 5.96 Å². The molecular weight excluding hydrogens is 293 g/mol. The zero-order chi connectivity index (χ0) is 14.5. The third-order valence-corrected chi connectivity index (χ3v) is 3.41. The molecule has 1 aliphatic heterocycles. The quantitative estimate of drug-likeness (QED) is 0.616. The van der Waals surface area contributed by atoms with Crippen LogP contribution in [-0.2, 0) is 0 Å². The van der Waals surface area contributed by atoms with Gasteiger partial charge in [-0.15, -0.1) is 12.4 Å². The number of nitrogens with zero attached hydrogens (tertiary/aromatic N) is 3. The molecule has 0 spiro atoms. The standard InChI is InChI=1S/C14H20FN5.ClH/c1-10-6-8-20(9-7-10)14(17)19-13(16)18-12-4-2-11(15)3-5-12;/h2-5,10H,6-9H2,1H3,(H4,16,17,18,19);1H. The van der Waals surface area contributed by atoms with E-state index in [1.807, 2.05) is 4.90 Å². The van der Waals surface area contributed by atoms with Crippen molar-refractivity contribution in [2.45, 2.75) is 19.8 Å². The minimum absolute atomic E-state index is 0. The van der Waals surface area contributed by atoms with E-state index in [-0.39, 0.29) is 24.2 Å². The molecule has 1 fully saturated rings. The lowest BCUT2D eigenvalue weighted by molar-refractivity contribution is 0.278. The maximum Gasteiger partial charge on any atom is 0.223 e. The Hall–Kier alpha value is -1.82. The Morgan fingerprint density at radius 1 is 1.19 bits per heavy atom. The summed E-state index contributed by atoms with van der Waals surface area (Å²) < 4.78 is 12.8. The van der Waals surface area contributed by atoms with E-state index in [1.54, 1.807) is 0 Å². The summed E-state index contributed by atoms with van der Waals surface area (Å²) in [6, 6.07) is 5.73. The normalized spacial score (nSPS) is 17.5. The van der Waals surface area contributed by atoms with Crippen LogP contribution in [0.5, 0.6) is 0 Å². The number of halogens is 2. The predicted octanol–water partition coefficient (Wildman–Crippen LogP) is 2.24. The third kappa shape index (κ3) is 5.23. The van der Waals surface area contributed by atoms with Gasteiger partial charge in [-0.25, -0.2) is 9.38 Å². The van der Waals surface area contributed by atoms with E-state index >= 15 is 0 Å². The number of guanidine groups is 2. The fourth-order valence-corrected chi connectivity index (χ4v) is 2.10. The van der Waals surface area contributed by atoms with E-state index in [2.05, 4.69) is 16.9 Å². The van der Waals surface area contributed by atoms with E-state index in [4.69, 9.17) is 11.5 Å². The van der Waals surface area contributed by atoms with Crippen molar-refractivity contribution in [1.82, 2.24) is 4.90 Å². The zero-order valence-corrected chi connectivity index (χ0v) is 12.8. The van der Waals surface area contributed by atoms with Crippen molar-refractivity contribution in [2.24, 2.45) is 27.4 Å². The molecule has 0 radical (unpaired) electrons. The van der Waals surface area contributed by atoms with Crippen molar-refractivity contribution in [1.29, 1.82) is 0 Å². The molecule has 21 heavy (non-hydrogen) atoms. The molecule has 1 aromatic rings. The number of likely N-dealkylation sites (tertiary alicyclic amines) is 1. The molecular formula is C14H21ClFN5. The lowest BCUT2D eigenvalue weighted by Gasteiger charge is -2.30. The summed E-state index contributed by atoms with van der Waals surface area (Å²) in [7, 11) is 0. The average Bonchev–Trinajstić information content (AvgIpc) is 2.42. The summed E-state index contributed by atoms with van der Waals surface area (Å²) in [6.07, 6.45) is 2.20. The number of hydrogen-bond donors (Lipinski definition) is 2. The van der Waals surface area contributed by atoms with Gasteiger partial charge in [0.05, 0.1) is 5.69 Å². The molecule has 0 unspecified atom stereocenters. The molecule has 116 valence electrons. The van der Waals surface area contributed by atoms with Crippen LogP contribution in [-0.4, -0.2) is 29.9 Å². The SMILES string of the molecule is CC1CCN(C(N)=NC(N)=Nc2ccc(F)cc2)CC1.Cl. The smallest absolute Gasteiger partial charge is 0.223 e. The third-order valence-electron chi connectivity index (χ3n) is 3.41. The molecule has 0 atom stereocenters. The minimum Gasteiger partial charge on any atom is -0.369 e. The number of hydrogen-bond acceptors (Lipinski definition) is 1. The van der Waals surface area contributed by atoms with Gasteiger partial charge in [-0.3, -0.25) is 0 Å². The van der Waals surface area contributed by atoms with Crippen LogP contribution in [0.1, 0.15) is 19.8 Å². The highest BCUT2D eigenvalue weighted by Gasteiger charge is 2.17. The monoisotopic (exact) mass is 313 g/mol. The number of benzene rings is 1. The van der Waals surface area contributed by atoms with Gasteiger partial charge in [-0.05, 0) is 43.0 Å². The summed E-state index contributed by atoms with van der Waals surface area (Å²) in [4.78, 5) is 10.2. The van der Waals surface area contributed by atoms with E-state index < -0.39 is 0 Å². The highest BCUT2D eigenvalue weighted by molar-refractivity contribution is 5.94.